The van der Waals surface area contributed by atoms with Crippen molar-refractivity contribution in [2.24, 2.45) is 5.92 Å². The minimum absolute atomic E-state index is 0.278. The maximum atomic E-state index is 13.6. The SMILES string of the molecule is CCOC(=O)[C@H]1CCCC1NC(=O)COc1cc(-c2ccc(F)cc2)cc2c(NCc3ccc(C)nn3)ncnc12. The lowest BCUT2D eigenvalue weighted by Gasteiger charge is -2.20. The number of rotatable bonds is 10. The number of ether oxygens (including phenoxy) is 2. The third-order valence-corrected chi connectivity index (χ3v) is 6.98. The highest BCUT2D eigenvalue weighted by molar-refractivity contribution is 5.96. The van der Waals surface area contributed by atoms with E-state index in [4.69, 9.17) is 9.47 Å². The van der Waals surface area contributed by atoms with Gasteiger partial charge in [-0.05, 0) is 74.2 Å². The molecule has 1 unspecified atom stereocenters. The molecule has 212 valence electrons. The molecule has 11 heteroatoms. The summed E-state index contributed by atoms with van der Waals surface area (Å²) in [7, 11) is 0. The molecule has 10 nitrogen and oxygen atoms in total. The molecule has 1 fully saturated rings. The summed E-state index contributed by atoms with van der Waals surface area (Å²) in [6.45, 7) is 4.03. The van der Waals surface area contributed by atoms with E-state index in [9.17, 15) is 14.0 Å². The summed E-state index contributed by atoms with van der Waals surface area (Å²) in [5.41, 5.74) is 3.55. The lowest BCUT2D eigenvalue weighted by molar-refractivity contribution is -0.148. The average Bonchev–Trinajstić information content (AvgIpc) is 3.44. The summed E-state index contributed by atoms with van der Waals surface area (Å²) in [5, 5.41) is 15.2. The highest BCUT2D eigenvalue weighted by Crippen LogP contribution is 2.34. The van der Waals surface area contributed by atoms with Crippen LogP contribution in [0.2, 0.25) is 0 Å². The lowest BCUT2D eigenvalue weighted by Crippen LogP contribution is -2.42. The second-order valence-corrected chi connectivity index (χ2v) is 9.87. The van der Waals surface area contributed by atoms with Crippen molar-refractivity contribution in [3.8, 4) is 16.9 Å². The zero-order chi connectivity index (χ0) is 28.8. The van der Waals surface area contributed by atoms with Crippen molar-refractivity contribution in [1.82, 2.24) is 25.5 Å². The molecule has 2 heterocycles. The minimum Gasteiger partial charge on any atom is -0.481 e. The Morgan fingerprint density at radius 1 is 1.02 bits per heavy atom. The topological polar surface area (TPSA) is 128 Å². The van der Waals surface area contributed by atoms with Crippen molar-refractivity contribution in [2.45, 2.75) is 45.7 Å². The minimum atomic E-state index is -0.360. The first-order chi connectivity index (χ1) is 19.9. The van der Waals surface area contributed by atoms with Gasteiger partial charge >= 0.3 is 5.97 Å². The van der Waals surface area contributed by atoms with Crippen molar-refractivity contribution < 1.29 is 23.5 Å². The first kappa shape index (κ1) is 27.9. The van der Waals surface area contributed by atoms with Gasteiger partial charge in [-0.2, -0.15) is 10.2 Å². The van der Waals surface area contributed by atoms with Crippen molar-refractivity contribution in [1.29, 1.82) is 0 Å². The zero-order valence-electron chi connectivity index (χ0n) is 22.9. The van der Waals surface area contributed by atoms with Gasteiger partial charge in [0.1, 0.15) is 29.2 Å². The van der Waals surface area contributed by atoms with Crippen LogP contribution in [0.25, 0.3) is 22.0 Å². The molecule has 1 aliphatic carbocycles. The molecule has 4 aromatic rings. The Bertz CT molecular complexity index is 1530. The van der Waals surface area contributed by atoms with Crippen LogP contribution >= 0.6 is 0 Å². The number of carbonyl (C=O) groups excluding carboxylic acids is 2. The molecular weight excluding hydrogens is 527 g/mol. The molecule has 5 rings (SSSR count). The Kier molecular flexibility index (Phi) is 8.61. The first-order valence-electron chi connectivity index (χ1n) is 13.6. The third kappa shape index (κ3) is 6.74. The predicted octanol–water partition coefficient (Wildman–Crippen LogP) is 4.37. The molecule has 2 N–H and O–H groups in total. The molecule has 0 radical (unpaired) electrons. The molecule has 1 saturated carbocycles. The van der Waals surface area contributed by atoms with E-state index >= 15 is 0 Å². The number of hydrogen-bond acceptors (Lipinski definition) is 9. The van der Waals surface area contributed by atoms with Crippen molar-refractivity contribution in [3.05, 3.63) is 72.1 Å². The van der Waals surface area contributed by atoms with Gasteiger partial charge in [-0.1, -0.05) is 18.6 Å². The Hall–Kier alpha value is -4.67. The van der Waals surface area contributed by atoms with Gasteiger partial charge in [-0.15, -0.1) is 0 Å². The summed E-state index contributed by atoms with van der Waals surface area (Å²) in [6.07, 6.45) is 3.63. The second-order valence-electron chi connectivity index (χ2n) is 9.87. The number of fused-ring (bicyclic) bond motifs is 1. The quantitative estimate of drug-likeness (QED) is 0.273. The fourth-order valence-electron chi connectivity index (χ4n) is 4.95. The summed E-state index contributed by atoms with van der Waals surface area (Å²) in [6, 6.07) is 13.2. The summed E-state index contributed by atoms with van der Waals surface area (Å²) < 4.78 is 24.8. The number of carbonyl (C=O) groups is 2. The third-order valence-electron chi connectivity index (χ3n) is 6.98. The maximum Gasteiger partial charge on any atom is 0.311 e. The standard InChI is InChI=1S/C30H31FN6O4/c1-3-40-30(39)23-5-4-6-25(23)35-27(38)16-41-26-14-20(19-8-10-21(31)11-9-19)13-24-28(26)33-17-34-29(24)32-15-22-12-7-18(2)36-37-22/h7-14,17,23,25H,3-6,15-16H2,1-2H3,(H,35,38)(H,32,33,34)/t23-,25?/m0/s1. The summed E-state index contributed by atoms with van der Waals surface area (Å²) in [4.78, 5) is 34.0. The van der Waals surface area contributed by atoms with Crippen molar-refractivity contribution >= 4 is 28.6 Å². The molecule has 0 spiro atoms. The molecular formula is C30H31FN6O4. The van der Waals surface area contributed by atoms with Gasteiger partial charge in [0.2, 0.25) is 0 Å². The van der Waals surface area contributed by atoms with E-state index in [0.29, 0.717) is 48.5 Å². The molecule has 0 aliphatic heterocycles. The fraction of sp³-hybridized carbons (Fsp3) is 0.333. The number of aryl methyl sites for hydroxylation is 1. The Morgan fingerprint density at radius 2 is 1.85 bits per heavy atom. The van der Waals surface area contributed by atoms with Crippen molar-refractivity contribution in [2.75, 3.05) is 18.5 Å². The van der Waals surface area contributed by atoms with Gasteiger partial charge in [0.25, 0.3) is 5.91 Å². The number of nitrogens with one attached hydrogen (secondary N) is 2. The molecule has 41 heavy (non-hydrogen) atoms. The van der Waals surface area contributed by atoms with Crippen LogP contribution in [0.5, 0.6) is 5.75 Å². The van der Waals surface area contributed by atoms with Gasteiger partial charge in [-0.25, -0.2) is 14.4 Å². The molecule has 1 aliphatic rings. The van der Waals surface area contributed by atoms with E-state index in [-0.39, 0.29) is 36.3 Å². The van der Waals surface area contributed by atoms with E-state index in [2.05, 4.69) is 30.8 Å². The number of halogens is 1. The number of nitrogens with zero attached hydrogens (tertiary/aromatic N) is 4. The maximum absolute atomic E-state index is 13.6. The lowest BCUT2D eigenvalue weighted by atomic mass is 10.0. The average molecular weight is 559 g/mol. The monoisotopic (exact) mass is 558 g/mol. The van der Waals surface area contributed by atoms with Crippen LogP contribution in [0.4, 0.5) is 10.2 Å². The van der Waals surface area contributed by atoms with Crippen molar-refractivity contribution in [3.63, 3.8) is 0 Å². The van der Waals surface area contributed by atoms with Crippen LogP contribution in [0, 0.1) is 18.7 Å². The Labute approximate surface area is 236 Å². The van der Waals surface area contributed by atoms with E-state index < -0.39 is 0 Å². The first-order valence-corrected chi connectivity index (χ1v) is 13.6. The molecule has 2 aromatic heterocycles. The van der Waals surface area contributed by atoms with E-state index in [1.165, 1.54) is 18.5 Å². The normalized spacial score (nSPS) is 16.4. The molecule has 2 atom stereocenters. The number of hydrogen-bond donors (Lipinski definition) is 2. The molecule has 0 saturated heterocycles. The van der Waals surface area contributed by atoms with Crippen LogP contribution in [0.1, 0.15) is 37.6 Å². The van der Waals surface area contributed by atoms with Crippen LogP contribution in [0.15, 0.2) is 54.9 Å². The summed E-state index contributed by atoms with van der Waals surface area (Å²) >= 11 is 0. The van der Waals surface area contributed by atoms with Gasteiger partial charge in [0.05, 0.1) is 30.5 Å². The highest BCUT2D eigenvalue weighted by Gasteiger charge is 2.35. The number of aromatic nitrogens is 4. The number of anilines is 1. The molecule has 2 aromatic carbocycles. The fourth-order valence-corrected chi connectivity index (χ4v) is 4.95. The van der Waals surface area contributed by atoms with E-state index in [1.807, 2.05) is 25.1 Å². The Morgan fingerprint density at radius 3 is 2.61 bits per heavy atom. The second kappa shape index (κ2) is 12.7. The van der Waals surface area contributed by atoms with Gasteiger partial charge in [0, 0.05) is 11.4 Å². The van der Waals surface area contributed by atoms with Crippen LogP contribution in [-0.2, 0) is 20.9 Å². The van der Waals surface area contributed by atoms with Crippen LogP contribution in [0.3, 0.4) is 0 Å². The van der Waals surface area contributed by atoms with E-state index in [1.54, 1.807) is 25.1 Å². The van der Waals surface area contributed by atoms with Gasteiger partial charge in [0.15, 0.2) is 6.61 Å². The Balaban J connectivity index is 1.39. The molecule has 1 amide bonds. The van der Waals surface area contributed by atoms with Gasteiger partial charge < -0.3 is 20.1 Å². The smallest absolute Gasteiger partial charge is 0.311 e. The number of amides is 1. The van der Waals surface area contributed by atoms with Gasteiger partial charge in [-0.3, -0.25) is 9.59 Å². The zero-order valence-corrected chi connectivity index (χ0v) is 22.9. The number of esters is 1. The molecule has 0 bridgehead atoms. The number of benzene rings is 2. The van der Waals surface area contributed by atoms with Crippen LogP contribution in [-0.4, -0.2) is 51.3 Å². The predicted molar refractivity (Wildman–Crippen MR) is 150 cm³/mol. The highest BCUT2D eigenvalue weighted by atomic mass is 19.1. The largest absolute Gasteiger partial charge is 0.481 e. The summed E-state index contributed by atoms with van der Waals surface area (Å²) in [5.74, 6) is -0.439. The van der Waals surface area contributed by atoms with Crippen LogP contribution < -0.4 is 15.4 Å². The van der Waals surface area contributed by atoms with E-state index in [0.717, 1.165) is 28.9 Å².